The summed E-state index contributed by atoms with van der Waals surface area (Å²) in [4.78, 5) is 27.0. The zero-order chi connectivity index (χ0) is 34.6. The van der Waals surface area contributed by atoms with Gasteiger partial charge in [-0.15, -0.1) is 0 Å². The molecule has 4 saturated heterocycles. The van der Waals surface area contributed by atoms with Gasteiger partial charge in [0.2, 0.25) is 0 Å². The number of amides is 2. The minimum Gasteiger partial charge on any atom is -0.489 e. The standard InChI is InChI=1S/C36H56N2O12/c39-35(37-11-1-3-13-41-19-27-23-47-27)31-9-10-32(36(40)38-12-2-4-14-42-20-28-24-48-28)34(46-18-8-6-16-44-22-30-26-50-30)33(31)45-17-7-5-15-43-21-29-25-49-29/h9-10,27-30H,1-8,11-26H2,(H,37,39)(H,38,40). The molecular formula is C36H56N2O12. The molecule has 50 heavy (non-hydrogen) atoms. The number of carbonyl (C=O) groups excluding carboxylic acids is 2. The zero-order valence-corrected chi connectivity index (χ0v) is 29.3. The van der Waals surface area contributed by atoms with E-state index in [2.05, 4.69) is 10.6 Å². The number of hydrogen-bond acceptors (Lipinski definition) is 12. The monoisotopic (exact) mass is 708 g/mol. The minimum atomic E-state index is -0.288. The fourth-order valence-electron chi connectivity index (χ4n) is 4.94. The van der Waals surface area contributed by atoms with Crippen LogP contribution in [-0.2, 0) is 37.9 Å². The summed E-state index contributed by atoms with van der Waals surface area (Å²) in [7, 11) is 0. The molecule has 0 aliphatic carbocycles. The number of hydrogen-bond donors (Lipinski definition) is 2. The molecule has 4 heterocycles. The van der Waals surface area contributed by atoms with Gasteiger partial charge in [0, 0.05) is 39.5 Å². The van der Waals surface area contributed by atoms with Crippen LogP contribution in [-0.4, -0.2) is 142 Å². The third-order valence-electron chi connectivity index (χ3n) is 8.29. The van der Waals surface area contributed by atoms with Crippen molar-refractivity contribution in [3.05, 3.63) is 23.3 Å². The summed E-state index contributed by atoms with van der Waals surface area (Å²) < 4.78 is 55.8. The van der Waals surface area contributed by atoms with Crippen molar-refractivity contribution in [2.24, 2.45) is 0 Å². The summed E-state index contributed by atoms with van der Waals surface area (Å²) in [5, 5.41) is 6.01. The topological polar surface area (TPSA) is 164 Å². The summed E-state index contributed by atoms with van der Waals surface area (Å²) in [5.41, 5.74) is 0.649. The lowest BCUT2D eigenvalue weighted by molar-refractivity contribution is 0.0923. The molecule has 0 aromatic heterocycles. The first-order valence-corrected chi connectivity index (χ1v) is 18.4. The van der Waals surface area contributed by atoms with Crippen LogP contribution < -0.4 is 20.1 Å². The van der Waals surface area contributed by atoms with Crippen LogP contribution in [0.5, 0.6) is 11.5 Å². The Morgan fingerprint density at radius 3 is 1.12 bits per heavy atom. The summed E-state index contributed by atoms with van der Waals surface area (Å²) in [5.74, 6) is -0.0329. The van der Waals surface area contributed by atoms with Crippen molar-refractivity contribution in [2.75, 3.05) is 106 Å². The molecule has 0 saturated carbocycles. The van der Waals surface area contributed by atoms with Gasteiger partial charge in [-0.05, 0) is 63.5 Å². The van der Waals surface area contributed by atoms with E-state index in [4.69, 9.17) is 47.4 Å². The molecule has 0 spiro atoms. The van der Waals surface area contributed by atoms with E-state index >= 15 is 0 Å². The zero-order valence-electron chi connectivity index (χ0n) is 29.3. The molecule has 4 aliphatic rings. The van der Waals surface area contributed by atoms with Gasteiger partial charge in [0.25, 0.3) is 11.8 Å². The molecule has 2 N–H and O–H groups in total. The number of nitrogens with one attached hydrogen (secondary N) is 2. The molecule has 5 rings (SSSR count). The van der Waals surface area contributed by atoms with Gasteiger partial charge in [0.1, 0.15) is 24.4 Å². The van der Waals surface area contributed by atoms with Crippen LogP contribution in [0.1, 0.15) is 72.1 Å². The van der Waals surface area contributed by atoms with Crippen molar-refractivity contribution in [3.8, 4) is 11.5 Å². The molecule has 4 fully saturated rings. The molecule has 0 radical (unpaired) electrons. The smallest absolute Gasteiger partial charge is 0.255 e. The van der Waals surface area contributed by atoms with Crippen molar-refractivity contribution < 1.29 is 57.0 Å². The molecule has 0 bridgehead atoms. The van der Waals surface area contributed by atoms with Crippen LogP contribution in [0.15, 0.2) is 12.1 Å². The highest BCUT2D eigenvalue weighted by atomic mass is 16.6. The largest absolute Gasteiger partial charge is 0.489 e. The van der Waals surface area contributed by atoms with E-state index in [9.17, 15) is 9.59 Å². The molecule has 14 nitrogen and oxygen atoms in total. The lowest BCUT2D eigenvalue weighted by Crippen LogP contribution is -2.28. The average Bonchev–Trinajstić information content (AvgIpc) is 3.92. The van der Waals surface area contributed by atoms with E-state index in [1.54, 1.807) is 12.1 Å². The summed E-state index contributed by atoms with van der Waals surface area (Å²) in [6.45, 7) is 9.52. The van der Waals surface area contributed by atoms with Gasteiger partial charge in [-0.1, -0.05) is 0 Å². The number of epoxide rings is 4. The highest BCUT2D eigenvalue weighted by Gasteiger charge is 2.26. The highest BCUT2D eigenvalue weighted by molar-refractivity contribution is 6.03. The van der Waals surface area contributed by atoms with E-state index in [1.807, 2.05) is 0 Å². The second kappa shape index (κ2) is 22.4. The number of ether oxygens (including phenoxy) is 10. The predicted octanol–water partition coefficient (Wildman–Crippen LogP) is 2.69. The number of unbranched alkanes of at least 4 members (excludes halogenated alkanes) is 4. The van der Waals surface area contributed by atoms with Gasteiger partial charge in [-0.2, -0.15) is 0 Å². The first-order chi connectivity index (χ1) is 24.7. The van der Waals surface area contributed by atoms with E-state index < -0.39 is 0 Å². The van der Waals surface area contributed by atoms with Crippen molar-refractivity contribution in [3.63, 3.8) is 0 Å². The second-order valence-electron chi connectivity index (χ2n) is 13.0. The Morgan fingerprint density at radius 1 is 0.500 bits per heavy atom. The van der Waals surface area contributed by atoms with Crippen molar-refractivity contribution in [1.82, 2.24) is 10.6 Å². The lowest BCUT2D eigenvalue weighted by Gasteiger charge is -2.20. The van der Waals surface area contributed by atoms with Crippen molar-refractivity contribution in [2.45, 2.75) is 75.8 Å². The Balaban J connectivity index is 1.16. The fourth-order valence-corrected chi connectivity index (χ4v) is 4.94. The van der Waals surface area contributed by atoms with Gasteiger partial charge < -0.3 is 58.0 Å². The number of rotatable bonds is 32. The first kappa shape index (κ1) is 38.7. The second-order valence-corrected chi connectivity index (χ2v) is 13.0. The van der Waals surface area contributed by atoms with Gasteiger partial charge in [0.15, 0.2) is 11.5 Å². The van der Waals surface area contributed by atoms with Gasteiger partial charge in [-0.3, -0.25) is 9.59 Å². The molecule has 2 amide bonds. The van der Waals surface area contributed by atoms with Crippen LogP contribution in [0.2, 0.25) is 0 Å². The third kappa shape index (κ3) is 16.2. The predicted molar refractivity (Wildman–Crippen MR) is 181 cm³/mol. The van der Waals surface area contributed by atoms with Crippen LogP contribution in [0.4, 0.5) is 0 Å². The van der Waals surface area contributed by atoms with Crippen molar-refractivity contribution >= 4 is 11.8 Å². The Morgan fingerprint density at radius 2 is 0.800 bits per heavy atom. The third-order valence-corrected chi connectivity index (χ3v) is 8.29. The average molecular weight is 709 g/mol. The molecule has 14 heteroatoms. The molecule has 4 unspecified atom stereocenters. The molecular weight excluding hydrogens is 652 g/mol. The van der Waals surface area contributed by atoms with Crippen LogP contribution in [0.25, 0.3) is 0 Å². The van der Waals surface area contributed by atoms with Crippen molar-refractivity contribution in [1.29, 1.82) is 0 Å². The highest BCUT2D eigenvalue weighted by Crippen LogP contribution is 2.36. The molecule has 282 valence electrons. The Kier molecular flexibility index (Phi) is 17.3. The Bertz CT molecular complexity index is 1050. The molecule has 4 atom stereocenters. The lowest BCUT2D eigenvalue weighted by atomic mass is 10.1. The molecule has 1 aromatic rings. The summed E-state index contributed by atoms with van der Waals surface area (Å²) in [6, 6.07) is 3.29. The summed E-state index contributed by atoms with van der Waals surface area (Å²) >= 11 is 0. The van der Waals surface area contributed by atoms with Crippen LogP contribution in [0.3, 0.4) is 0 Å². The Hall–Kier alpha value is -2.56. The minimum absolute atomic E-state index is 0.223. The van der Waals surface area contributed by atoms with Crippen LogP contribution >= 0.6 is 0 Å². The van der Waals surface area contributed by atoms with E-state index in [-0.39, 0.29) is 47.7 Å². The first-order valence-electron chi connectivity index (χ1n) is 18.4. The van der Waals surface area contributed by atoms with Gasteiger partial charge >= 0.3 is 0 Å². The maximum atomic E-state index is 13.5. The van der Waals surface area contributed by atoms with Gasteiger partial charge in [-0.25, -0.2) is 0 Å². The SMILES string of the molecule is O=C(NCCCCOCC1CO1)c1ccc(C(=O)NCCCCOCC2CO2)c(OCCCCOCC2CO2)c1OCCCCOCC1CO1. The van der Waals surface area contributed by atoms with Gasteiger partial charge in [0.05, 0.1) is 77.2 Å². The fraction of sp³-hybridized carbons (Fsp3) is 0.778. The van der Waals surface area contributed by atoms with E-state index in [0.29, 0.717) is 103 Å². The number of carbonyl (C=O) groups is 2. The normalized spacial score (nSPS) is 21.4. The molecule has 4 aliphatic heterocycles. The van der Waals surface area contributed by atoms with E-state index in [0.717, 1.165) is 65.0 Å². The molecule has 1 aromatic carbocycles. The maximum Gasteiger partial charge on any atom is 0.255 e. The van der Waals surface area contributed by atoms with Crippen LogP contribution in [0, 0.1) is 0 Å². The maximum absolute atomic E-state index is 13.5. The quantitative estimate of drug-likeness (QED) is 0.0833. The Labute approximate surface area is 295 Å². The summed E-state index contributed by atoms with van der Waals surface area (Å²) in [6.07, 6.45) is 7.04. The number of benzene rings is 1. The van der Waals surface area contributed by atoms with E-state index in [1.165, 1.54) is 0 Å².